The van der Waals surface area contributed by atoms with Crippen LogP contribution in [0.1, 0.15) is 21.8 Å². The molecule has 0 aliphatic heterocycles. The van der Waals surface area contributed by atoms with Crippen molar-refractivity contribution >= 4 is 11.6 Å². The molecular weight excluding hydrogens is 244 g/mol. The minimum atomic E-state index is -1.02. The lowest BCUT2D eigenvalue weighted by atomic mass is 9.91. The Bertz CT molecular complexity index is 639. The second kappa shape index (κ2) is 4.17. The van der Waals surface area contributed by atoms with Gasteiger partial charge in [-0.2, -0.15) is 0 Å². The molecule has 3 rings (SSSR count). The van der Waals surface area contributed by atoms with Crippen LogP contribution in [0.25, 0.3) is 0 Å². The van der Waals surface area contributed by atoms with Crippen molar-refractivity contribution in [3.8, 4) is 0 Å². The minimum Gasteiger partial charge on any atom is -0.498 e. The maximum atomic E-state index is 12.3. The number of hydrogen-bond donors (Lipinski definition) is 1. The number of allylic oxidation sites excluding steroid dienone is 2. The van der Waals surface area contributed by atoms with Crippen molar-refractivity contribution in [1.82, 2.24) is 0 Å². The molecule has 2 unspecified atom stereocenters. The maximum Gasteiger partial charge on any atom is 0.190 e. The Kier molecular flexibility index (Phi) is 2.61. The van der Waals surface area contributed by atoms with Gasteiger partial charge in [0.05, 0.1) is 7.11 Å². The van der Waals surface area contributed by atoms with E-state index in [2.05, 4.69) is 0 Å². The van der Waals surface area contributed by atoms with E-state index in [1.807, 2.05) is 6.07 Å². The summed E-state index contributed by atoms with van der Waals surface area (Å²) in [6.45, 7) is 0. The lowest BCUT2D eigenvalue weighted by Crippen LogP contribution is -2.21. The summed E-state index contributed by atoms with van der Waals surface area (Å²) < 4.78 is 5.06. The van der Waals surface area contributed by atoms with Crippen LogP contribution in [0.15, 0.2) is 47.7 Å². The largest absolute Gasteiger partial charge is 0.498 e. The summed E-state index contributed by atoms with van der Waals surface area (Å²) in [6.07, 6.45) is 1.50. The maximum absolute atomic E-state index is 12.3. The first kappa shape index (κ1) is 11.9. The van der Waals surface area contributed by atoms with Crippen LogP contribution in [-0.4, -0.2) is 29.9 Å². The quantitative estimate of drug-likeness (QED) is 0.824. The van der Waals surface area contributed by atoms with Crippen LogP contribution < -0.4 is 0 Å². The van der Waals surface area contributed by atoms with Gasteiger partial charge in [0.25, 0.3) is 0 Å². The molecule has 1 N–H and O–H groups in total. The molecule has 0 radical (unpaired) electrons. The van der Waals surface area contributed by atoms with E-state index in [1.165, 1.54) is 19.3 Å². The average Bonchev–Trinajstić information content (AvgIpc) is 2.61. The summed E-state index contributed by atoms with van der Waals surface area (Å²) >= 11 is 0. The number of benzene rings is 1. The minimum absolute atomic E-state index is 0.186. The van der Waals surface area contributed by atoms with Gasteiger partial charge in [0.15, 0.2) is 11.6 Å². The van der Waals surface area contributed by atoms with Gasteiger partial charge in [-0.15, -0.1) is 0 Å². The smallest absolute Gasteiger partial charge is 0.190 e. The van der Waals surface area contributed by atoms with E-state index in [-0.39, 0.29) is 17.3 Å². The predicted octanol–water partition coefficient (Wildman–Crippen LogP) is 1.37. The average molecular weight is 256 g/mol. The highest BCUT2D eigenvalue weighted by Crippen LogP contribution is 2.42. The number of methoxy groups -OCH3 is 1. The monoisotopic (exact) mass is 256 g/mol. The molecule has 2 aliphatic carbocycles. The van der Waals surface area contributed by atoms with Gasteiger partial charge in [0.2, 0.25) is 0 Å². The number of ether oxygens (including phenoxy) is 1. The van der Waals surface area contributed by atoms with Gasteiger partial charge >= 0.3 is 0 Å². The number of fused-ring (bicyclic) bond motifs is 3. The highest BCUT2D eigenvalue weighted by molar-refractivity contribution is 6.18. The molecule has 1 aromatic rings. The molecule has 96 valence electrons. The molecular formula is C15H12O4. The number of Topliss-reactive ketones (excluding diaryl/α,β-unsaturated/α-hetero) is 1. The first-order valence-electron chi connectivity index (χ1n) is 5.96. The molecule has 2 aliphatic rings. The highest BCUT2D eigenvalue weighted by atomic mass is 16.5. The Morgan fingerprint density at radius 3 is 2.63 bits per heavy atom. The van der Waals surface area contributed by atoms with Crippen LogP contribution in [-0.2, 0) is 9.53 Å². The van der Waals surface area contributed by atoms with Gasteiger partial charge in [0, 0.05) is 23.1 Å². The second-order valence-electron chi connectivity index (χ2n) is 4.59. The van der Waals surface area contributed by atoms with Crippen LogP contribution in [0.5, 0.6) is 0 Å². The van der Waals surface area contributed by atoms with E-state index >= 15 is 0 Å². The third kappa shape index (κ3) is 1.64. The first-order chi connectivity index (χ1) is 9.13. The van der Waals surface area contributed by atoms with Crippen molar-refractivity contribution in [3.63, 3.8) is 0 Å². The number of hydrogen-bond acceptors (Lipinski definition) is 4. The zero-order valence-electron chi connectivity index (χ0n) is 10.3. The summed E-state index contributed by atoms with van der Waals surface area (Å²) in [6, 6.07) is 7.08. The van der Waals surface area contributed by atoms with Gasteiger partial charge in [0.1, 0.15) is 11.9 Å². The number of aliphatic hydroxyl groups excluding tert-OH is 1. The number of carbonyl (C=O) groups excluding carboxylic acids is 2. The van der Waals surface area contributed by atoms with E-state index in [1.54, 1.807) is 18.2 Å². The number of carbonyl (C=O) groups is 2. The summed E-state index contributed by atoms with van der Waals surface area (Å²) in [4.78, 5) is 24.0. The molecule has 4 nitrogen and oxygen atoms in total. The summed E-state index contributed by atoms with van der Waals surface area (Å²) in [7, 11) is 1.40. The Balaban J connectivity index is 2.21. The van der Waals surface area contributed by atoms with Crippen molar-refractivity contribution in [2.24, 2.45) is 0 Å². The molecule has 0 amide bonds. The van der Waals surface area contributed by atoms with Crippen molar-refractivity contribution in [2.75, 3.05) is 7.11 Å². The number of ketones is 2. The Morgan fingerprint density at radius 1 is 1.16 bits per heavy atom. The Hall–Kier alpha value is -2.20. The van der Waals surface area contributed by atoms with Crippen molar-refractivity contribution in [3.05, 3.63) is 58.9 Å². The lowest BCUT2D eigenvalue weighted by Gasteiger charge is -2.20. The number of aliphatic hydroxyl groups is 1. The molecule has 0 heterocycles. The van der Waals surface area contributed by atoms with Gasteiger partial charge in [-0.3, -0.25) is 9.59 Å². The molecule has 0 fully saturated rings. The third-order valence-corrected chi connectivity index (χ3v) is 3.56. The van der Waals surface area contributed by atoms with Gasteiger partial charge in [-0.1, -0.05) is 24.3 Å². The third-order valence-electron chi connectivity index (χ3n) is 3.56. The molecule has 4 heteroatoms. The van der Waals surface area contributed by atoms with Crippen molar-refractivity contribution < 1.29 is 19.4 Å². The van der Waals surface area contributed by atoms with E-state index in [0.29, 0.717) is 11.1 Å². The van der Waals surface area contributed by atoms with Crippen LogP contribution in [0.3, 0.4) is 0 Å². The molecule has 0 bridgehead atoms. The molecule has 1 aromatic carbocycles. The topological polar surface area (TPSA) is 63.6 Å². The molecule has 19 heavy (non-hydrogen) atoms. The van der Waals surface area contributed by atoms with E-state index in [0.717, 1.165) is 5.56 Å². The van der Waals surface area contributed by atoms with E-state index in [9.17, 15) is 14.7 Å². The summed E-state index contributed by atoms with van der Waals surface area (Å²) in [5, 5.41) is 10.4. The van der Waals surface area contributed by atoms with E-state index in [4.69, 9.17) is 4.74 Å². The van der Waals surface area contributed by atoms with Crippen LogP contribution in [0.4, 0.5) is 0 Å². The van der Waals surface area contributed by atoms with Gasteiger partial charge in [-0.25, -0.2) is 0 Å². The Labute approximate surface area is 110 Å². The first-order valence-corrected chi connectivity index (χ1v) is 5.96. The van der Waals surface area contributed by atoms with Crippen LogP contribution >= 0.6 is 0 Å². The predicted molar refractivity (Wildman–Crippen MR) is 67.7 cm³/mol. The van der Waals surface area contributed by atoms with Crippen LogP contribution in [0, 0.1) is 0 Å². The molecule has 2 atom stereocenters. The zero-order chi connectivity index (χ0) is 13.6. The fraction of sp³-hybridized carbons (Fsp3) is 0.200. The van der Waals surface area contributed by atoms with E-state index < -0.39 is 12.0 Å². The standard InChI is InChI=1S/C15H12O4/c1-19-12-7-8(16)6-11-13(15(12)18)9-4-2-3-5-10(9)14(11)17/h2-7,13,15,18H,1H3. The SMILES string of the molecule is COC1=CC(=O)C=C2C(=O)c3ccccc3C2C1O. The normalized spacial score (nSPS) is 25.2. The molecule has 0 aromatic heterocycles. The van der Waals surface area contributed by atoms with Crippen molar-refractivity contribution in [1.29, 1.82) is 0 Å². The summed E-state index contributed by atoms with van der Waals surface area (Å²) in [5.74, 6) is -0.875. The Morgan fingerprint density at radius 2 is 1.89 bits per heavy atom. The fourth-order valence-corrected chi connectivity index (χ4v) is 2.70. The molecule has 0 saturated carbocycles. The van der Waals surface area contributed by atoms with Crippen molar-refractivity contribution in [2.45, 2.75) is 12.0 Å². The van der Waals surface area contributed by atoms with Gasteiger partial charge in [-0.05, 0) is 11.6 Å². The lowest BCUT2D eigenvalue weighted by molar-refractivity contribution is -0.110. The second-order valence-corrected chi connectivity index (χ2v) is 4.59. The number of rotatable bonds is 1. The molecule has 0 spiro atoms. The summed E-state index contributed by atoms with van der Waals surface area (Å²) in [5.41, 5.74) is 1.62. The van der Waals surface area contributed by atoms with Crippen LogP contribution in [0.2, 0.25) is 0 Å². The van der Waals surface area contributed by atoms with Gasteiger partial charge < -0.3 is 9.84 Å². The highest BCUT2D eigenvalue weighted by Gasteiger charge is 2.42. The fourth-order valence-electron chi connectivity index (χ4n) is 2.70. The molecule has 0 saturated heterocycles. The zero-order valence-corrected chi connectivity index (χ0v) is 10.3.